The molecule has 0 aliphatic heterocycles. The van der Waals surface area contributed by atoms with Crippen LogP contribution < -0.4 is 0 Å². The maximum absolute atomic E-state index is 12.1. The quantitative estimate of drug-likeness (QED) is 0.610. The third-order valence-electron chi connectivity index (χ3n) is 3.45. The first-order valence-corrected chi connectivity index (χ1v) is 7.82. The summed E-state index contributed by atoms with van der Waals surface area (Å²) in [5, 5.41) is 9.64. The van der Waals surface area contributed by atoms with Gasteiger partial charge in [-0.15, -0.1) is 0 Å². The Morgan fingerprint density at radius 1 is 1.20 bits per heavy atom. The summed E-state index contributed by atoms with van der Waals surface area (Å²) < 4.78 is 7.10. The van der Waals surface area contributed by atoms with Gasteiger partial charge in [-0.3, -0.25) is 0 Å². The first-order chi connectivity index (χ1) is 9.04. The Morgan fingerprint density at radius 2 is 1.65 bits per heavy atom. The van der Waals surface area contributed by atoms with Crippen molar-refractivity contribution in [3.63, 3.8) is 0 Å². The van der Waals surface area contributed by atoms with E-state index in [4.69, 9.17) is 4.74 Å². The van der Waals surface area contributed by atoms with Crippen LogP contribution in [0.1, 0.15) is 24.2 Å². The Labute approximate surface area is 136 Å². The van der Waals surface area contributed by atoms with Crippen molar-refractivity contribution in [2.75, 3.05) is 21.1 Å². The number of benzene rings is 1. The number of hydrogen-bond acceptors (Lipinski definition) is 3. The van der Waals surface area contributed by atoms with Gasteiger partial charge < -0.3 is 14.3 Å². The van der Waals surface area contributed by atoms with Crippen molar-refractivity contribution in [2.45, 2.75) is 26.0 Å². The van der Waals surface area contributed by atoms with E-state index in [-0.39, 0.29) is 17.9 Å². The van der Waals surface area contributed by atoms with Gasteiger partial charge in [0.25, 0.3) is 0 Å². The lowest BCUT2D eigenvalue weighted by Gasteiger charge is -2.34. The molecule has 20 heavy (non-hydrogen) atoms. The van der Waals surface area contributed by atoms with Crippen LogP contribution in [0.4, 0.5) is 0 Å². The van der Waals surface area contributed by atoms with E-state index < -0.39 is 5.97 Å². The minimum absolute atomic E-state index is 0.0642. The summed E-state index contributed by atoms with van der Waals surface area (Å²) >= 11 is 6.40. The summed E-state index contributed by atoms with van der Waals surface area (Å²) in [5.74, 6) is -0.339. The molecule has 0 aliphatic carbocycles. The average molecular weight is 410 g/mol. The van der Waals surface area contributed by atoms with Crippen LogP contribution in [0.25, 0.3) is 0 Å². The third kappa shape index (κ3) is 4.20. The smallest absolute Gasteiger partial charge is 0.338 e. The van der Waals surface area contributed by atoms with E-state index in [1.165, 1.54) is 0 Å². The van der Waals surface area contributed by atoms with Crippen LogP contribution in [0.5, 0.6) is 5.75 Å². The second-order valence-electron chi connectivity index (χ2n) is 5.76. The summed E-state index contributed by atoms with van der Waals surface area (Å²) in [4.78, 5) is 12.1. The molecule has 6 heteroatoms. The molecule has 0 amide bonds. The maximum Gasteiger partial charge on any atom is 0.338 e. The van der Waals surface area contributed by atoms with Gasteiger partial charge in [-0.1, -0.05) is 0 Å². The van der Waals surface area contributed by atoms with Crippen molar-refractivity contribution in [3.8, 4) is 5.75 Å². The first-order valence-electron chi connectivity index (χ1n) is 6.24. The molecular formula is C14H20Br2NO3+. The zero-order valence-corrected chi connectivity index (χ0v) is 15.4. The predicted octanol–water partition coefficient (Wildman–Crippen LogP) is 3.56. The van der Waals surface area contributed by atoms with Crippen LogP contribution in [0.15, 0.2) is 21.1 Å². The molecule has 1 rings (SSSR count). The number of halogens is 2. The van der Waals surface area contributed by atoms with Crippen molar-refractivity contribution < 1.29 is 19.1 Å². The van der Waals surface area contributed by atoms with E-state index in [9.17, 15) is 9.90 Å². The Bertz CT molecular complexity index is 489. The van der Waals surface area contributed by atoms with E-state index in [1.54, 1.807) is 12.1 Å². The standard InChI is InChI=1S/C14H19Br2NO3/c1-8(17(3,4)5)9(2)20-14(19)10-6-11(15)13(18)12(16)7-10/h6-9H,1-5H3/p+1. The minimum Gasteiger partial charge on any atom is -0.506 e. The minimum atomic E-state index is -0.404. The highest BCUT2D eigenvalue weighted by Crippen LogP contribution is 2.33. The summed E-state index contributed by atoms with van der Waals surface area (Å²) in [6, 6.07) is 3.26. The lowest BCUT2D eigenvalue weighted by Crippen LogP contribution is -2.50. The van der Waals surface area contributed by atoms with Crippen molar-refractivity contribution in [1.82, 2.24) is 0 Å². The zero-order valence-electron chi connectivity index (χ0n) is 12.3. The Balaban J connectivity index is 2.87. The highest BCUT2D eigenvalue weighted by molar-refractivity contribution is 9.11. The highest BCUT2D eigenvalue weighted by atomic mass is 79.9. The highest BCUT2D eigenvalue weighted by Gasteiger charge is 2.28. The number of phenols is 1. The molecule has 0 spiro atoms. The lowest BCUT2D eigenvalue weighted by molar-refractivity contribution is -0.897. The Hall–Kier alpha value is -0.590. The molecule has 112 valence electrons. The molecule has 1 aromatic carbocycles. The van der Waals surface area contributed by atoms with Gasteiger partial charge in [0.15, 0.2) is 6.10 Å². The van der Waals surface area contributed by atoms with E-state index in [0.717, 1.165) is 0 Å². The molecule has 0 bridgehead atoms. The number of nitrogens with zero attached hydrogens (tertiary/aromatic N) is 1. The molecule has 1 N–H and O–H groups in total. The number of esters is 1. The molecule has 0 saturated carbocycles. The number of carbonyl (C=O) groups is 1. The van der Waals surface area contributed by atoms with Gasteiger partial charge in [0, 0.05) is 0 Å². The number of rotatable bonds is 4. The molecule has 4 nitrogen and oxygen atoms in total. The molecule has 0 radical (unpaired) electrons. The van der Waals surface area contributed by atoms with E-state index in [0.29, 0.717) is 19.0 Å². The lowest BCUT2D eigenvalue weighted by atomic mass is 10.1. The van der Waals surface area contributed by atoms with Crippen LogP contribution in [0, 0.1) is 0 Å². The summed E-state index contributed by atoms with van der Waals surface area (Å²) in [5.41, 5.74) is 0.391. The van der Waals surface area contributed by atoms with Crippen molar-refractivity contribution >= 4 is 37.8 Å². The number of hydrogen-bond donors (Lipinski definition) is 1. The molecule has 1 aromatic rings. The molecule has 2 atom stereocenters. The number of likely N-dealkylation sites (N-methyl/N-ethyl adjacent to an activating group) is 1. The second kappa shape index (κ2) is 6.45. The maximum atomic E-state index is 12.1. The fourth-order valence-electron chi connectivity index (χ4n) is 1.65. The summed E-state index contributed by atoms with van der Waals surface area (Å²) in [6.45, 7) is 3.93. The molecule has 0 aliphatic rings. The Kier molecular flexibility index (Phi) is 5.63. The predicted molar refractivity (Wildman–Crippen MR) is 85.9 cm³/mol. The Morgan fingerprint density at radius 3 is 2.05 bits per heavy atom. The first kappa shape index (κ1) is 17.5. The van der Waals surface area contributed by atoms with Gasteiger partial charge in [0.1, 0.15) is 11.8 Å². The SMILES string of the molecule is CC(OC(=O)c1cc(Br)c(O)c(Br)c1)C(C)[N+](C)(C)C. The van der Waals surface area contributed by atoms with Gasteiger partial charge in [0.05, 0.1) is 35.7 Å². The van der Waals surface area contributed by atoms with Gasteiger partial charge in [-0.25, -0.2) is 4.79 Å². The summed E-state index contributed by atoms with van der Waals surface area (Å²) in [7, 11) is 6.17. The van der Waals surface area contributed by atoms with Crippen LogP contribution in [0.3, 0.4) is 0 Å². The van der Waals surface area contributed by atoms with Gasteiger partial charge in [-0.2, -0.15) is 0 Å². The van der Waals surface area contributed by atoms with Crippen LogP contribution >= 0.6 is 31.9 Å². The van der Waals surface area contributed by atoms with Crippen LogP contribution in [0.2, 0.25) is 0 Å². The molecule has 0 aromatic heterocycles. The fraction of sp³-hybridized carbons (Fsp3) is 0.500. The van der Waals surface area contributed by atoms with E-state index >= 15 is 0 Å². The van der Waals surface area contributed by atoms with Crippen LogP contribution in [-0.2, 0) is 4.74 Å². The van der Waals surface area contributed by atoms with Crippen molar-refractivity contribution in [1.29, 1.82) is 0 Å². The molecule has 2 unspecified atom stereocenters. The normalized spacial score (nSPS) is 14.8. The van der Waals surface area contributed by atoms with Gasteiger partial charge in [0.2, 0.25) is 0 Å². The van der Waals surface area contributed by atoms with E-state index in [2.05, 4.69) is 53.0 Å². The topological polar surface area (TPSA) is 46.5 Å². The second-order valence-corrected chi connectivity index (χ2v) is 7.46. The van der Waals surface area contributed by atoms with Gasteiger partial charge >= 0.3 is 5.97 Å². The van der Waals surface area contributed by atoms with Crippen LogP contribution in [-0.4, -0.2) is 48.8 Å². The molecule has 0 heterocycles. The van der Waals surface area contributed by atoms with E-state index in [1.807, 2.05) is 13.8 Å². The number of aromatic hydroxyl groups is 1. The zero-order chi connectivity index (χ0) is 15.7. The largest absolute Gasteiger partial charge is 0.506 e. The van der Waals surface area contributed by atoms with Crippen molar-refractivity contribution in [3.05, 3.63) is 26.6 Å². The number of quaternary nitrogens is 1. The fourth-order valence-corrected chi connectivity index (χ4v) is 2.83. The number of carbonyl (C=O) groups excluding carboxylic acids is 1. The molecule has 0 saturated heterocycles. The summed E-state index contributed by atoms with van der Waals surface area (Å²) in [6.07, 6.45) is -0.214. The molecular weight excluding hydrogens is 390 g/mol. The average Bonchev–Trinajstić information content (AvgIpc) is 2.32. The van der Waals surface area contributed by atoms with Gasteiger partial charge in [-0.05, 0) is 57.8 Å². The number of ether oxygens (including phenoxy) is 1. The number of phenolic OH excluding ortho intramolecular Hbond substituents is 1. The monoisotopic (exact) mass is 408 g/mol. The van der Waals surface area contributed by atoms with Crippen molar-refractivity contribution in [2.24, 2.45) is 0 Å². The third-order valence-corrected chi connectivity index (χ3v) is 4.66. The molecule has 0 fully saturated rings.